The third kappa shape index (κ3) is 0.885. The van der Waals surface area contributed by atoms with Crippen LogP contribution < -0.4 is 5.32 Å². The van der Waals surface area contributed by atoms with Gasteiger partial charge >= 0.3 is 0 Å². The lowest BCUT2D eigenvalue weighted by atomic mass is 9.93. The summed E-state index contributed by atoms with van der Waals surface area (Å²) in [4.78, 5) is 4.49. The smallest absolute Gasteiger partial charge is 0.109 e. The van der Waals surface area contributed by atoms with Gasteiger partial charge in [-0.15, -0.1) is 0 Å². The maximum atomic E-state index is 5.24. The minimum absolute atomic E-state index is 0.0586. The third-order valence-corrected chi connectivity index (χ3v) is 2.87. The SMILES string of the molecule is Cc1cnc2c(c1)CNC21COC1. The summed E-state index contributed by atoms with van der Waals surface area (Å²) in [6.45, 7) is 4.56. The van der Waals surface area contributed by atoms with Crippen LogP contribution in [0.3, 0.4) is 0 Å². The van der Waals surface area contributed by atoms with E-state index in [9.17, 15) is 0 Å². The molecule has 1 aromatic heterocycles. The molecule has 2 aliphatic rings. The van der Waals surface area contributed by atoms with Crippen LogP contribution in [-0.4, -0.2) is 18.2 Å². The number of nitrogens with zero attached hydrogens (tertiary/aromatic N) is 1. The molecule has 3 nitrogen and oxygen atoms in total. The highest BCUT2D eigenvalue weighted by Gasteiger charge is 2.46. The summed E-state index contributed by atoms with van der Waals surface area (Å²) in [6, 6.07) is 2.21. The van der Waals surface area contributed by atoms with Crippen LogP contribution in [0.2, 0.25) is 0 Å². The van der Waals surface area contributed by atoms with E-state index in [-0.39, 0.29) is 5.54 Å². The highest BCUT2D eigenvalue weighted by molar-refractivity contribution is 5.36. The van der Waals surface area contributed by atoms with Gasteiger partial charge in [-0.05, 0) is 18.1 Å². The van der Waals surface area contributed by atoms with Gasteiger partial charge in [0.15, 0.2) is 0 Å². The van der Waals surface area contributed by atoms with Gasteiger partial charge in [-0.2, -0.15) is 0 Å². The molecule has 1 saturated heterocycles. The Morgan fingerprint density at radius 2 is 2.38 bits per heavy atom. The maximum absolute atomic E-state index is 5.24. The molecular formula is C10H12N2O. The van der Waals surface area contributed by atoms with Crippen LogP contribution >= 0.6 is 0 Å². The minimum atomic E-state index is 0.0586. The van der Waals surface area contributed by atoms with Crippen molar-refractivity contribution >= 4 is 0 Å². The van der Waals surface area contributed by atoms with E-state index >= 15 is 0 Å². The first-order valence-corrected chi connectivity index (χ1v) is 4.59. The van der Waals surface area contributed by atoms with Crippen molar-refractivity contribution in [1.82, 2.24) is 10.3 Å². The lowest BCUT2D eigenvalue weighted by Crippen LogP contribution is -2.54. The average Bonchev–Trinajstić information content (AvgIpc) is 2.41. The van der Waals surface area contributed by atoms with Crippen LogP contribution in [0.1, 0.15) is 16.8 Å². The fourth-order valence-electron chi connectivity index (χ4n) is 2.09. The summed E-state index contributed by atoms with van der Waals surface area (Å²) >= 11 is 0. The number of rotatable bonds is 0. The van der Waals surface area contributed by atoms with Crippen molar-refractivity contribution in [2.45, 2.75) is 19.0 Å². The fraction of sp³-hybridized carbons (Fsp3) is 0.500. The molecular weight excluding hydrogens is 164 g/mol. The molecule has 13 heavy (non-hydrogen) atoms. The molecule has 1 spiro atoms. The van der Waals surface area contributed by atoms with Gasteiger partial charge in [-0.1, -0.05) is 6.07 Å². The van der Waals surface area contributed by atoms with Gasteiger partial charge in [0.1, 0.15) is 5.54 Å². The largest absolute Gasteiger partial charge is 0.377 e. The first-order valence-electron chi connectivity index (χ1n) is 4.59. The molecule has 1 fully saturated rings. The van der Waals surface area contributed by atoms with Crippen molar-refractivity contribution in [3.8, 4) is 0 Å². The van der Waals surface area contributed by atoms with Crippen LogP contribution in [0.4, 0.5) is 0 Å². The maximum Gasteiger partial charge on any atom is 0.109 e. The molecule has 3 rings (SSSR count). The molecule has 0 aliphatic carbocycles. The van der Waals surface area contributed by atoms with Crippen LogP contribution in [0.5, 0.6) is 0 Å². The first-order chi connectivity index (χ1) is 6.30. The Bertz CT molecular complexity index is 358. The van der Waals surface area contributed by atoms with Crippen LogP contribution in [0.15, 0.2) is 12.3 Å². The second kappa shape index (κ2) is 2.30. The predicted molar refractivity (Wildman–Crippen MR) is 48.3 cm³/mol. The predicted octanol–water partition coefficient (Wildman–Crippen LogP) is 0.719. The molecule has 0 aromatic carbocycles. The Morgan fingerprint density at radius 1 is 1.54 bits per heavy atom. The van der Waals surface area contributed by atoms with E-state index in [2.05, 4.69) is 23.3 Å². The van der Waals surface area contributed by atoms with Crippen molar-refractivity contribution in [2.24, 2.45) is 0 Å². The second-order valence-electron chi connectivity index (χ2n) is 3.95. The summed E-state index contributed by atoms with van der Waals surface area (Å²) in [6.07, 6.45) is 1.94. The number of hydrogen-bond donors (Lipinski definition) is 1. The van der Waals surface area contributed by atoms with Crippen molar-refractivity contribution in [1.29, 1.82) is 0 Å². The van der Waals surface area contributed by atoms with Gasteiger partial charge in [0.05, 0.1) is 18.9 Å². The summed E-state index contributed by atoms with van der Waals surface area (Å²) in [7, 11) is 0. The van der Waals surface area contributed by atoms with Gasteiger partial charge in [-0.3, -0.25) is 10.3 Å². The van der Waals surface area contributed by atoms with E-state index in [1.54, 1.807) is 0 Å². The van der Waals surface area contributed by atoms with Crippen LogP contribution in [0.25, 0.3) is 0 Å². The highest BCUT2D eigenvalue weighted by atomic mass is 16.5. The summed E-state index contributed by atoms with van der Waals surface area (Å²) in [5.41, 5.74) is 3.83. The Morgan fingerprint density at radius 3 is 3.08 bits per heavy atom. The average molecular weight is 176 g/mol. The quantitative estimate of drug-likeness (QED) is 0.632. The lowest BCUT2D eigenvalue weighted by Gasteiger charge is -2.38. The van der Waals surface area contributed by atoms with Crippen molar-refractivity contribution in [3.63, 3.8) is 0 Å². The van der Waals surface area contributed by atoms with E-state index in [1.807, 2.05) is 6.20 Å². The molecule has 3 heterocycles. The lowest BCUT2D eigenvalue weighted by molar-refractivity contribution is -0.0751. The topological polar surface area (TPSA) is 34.2 Å². The van der Waals surface area contributed by atoms with Crippen molar-refractivity contribution in [2.75, 3.05) is 13.2 Å². The zero-order chi connectivity index (χ0) is 8.89. The van der Waals surface area contributed by atoms with Crippen LogP contribution in [0, 0.1) is 6.92 Å². The fourth-order valence-corrected chi connectivity index (χ4v) is 2.09. The Balaban J connectivity index is 2.11. The Hall–Kier alpha value is -0.930. The highest BCUT2D eigenvalue weighted by Crippen LogP contribution is 2.35. The van der Waals surface area contributed by atoms with E-state index < -0.39 is 0 Å². The molecule has 0 bridgehead atoms. The molecule has 2 aliphatic heterocycles. The van der Waals surface area contributed by atoms with E-state index in [0.29, 0.717) is 0 Å². The molecule has 3 heteroatoms. The minimum Gasteiger partial charge on any atom is -0.377 e. The molecule has 68 valence electrons. The molecule has 0 amide bonds. The number of ether oxygens (including phenoxy) is 1. The van der Waals surface area contributed by atoms with Crippen LogP contribution in [-0.2, 0) is 16.8 Å². The summed E-state index contributed by atoms with van der Waals surface area (Å²) in [5, 5.41) is 3.47. The summed E-state index contributed by atoms with van der Waals surface area (Å²) < 4.78 is 5.24. The van der Waals surface area contributed by atoms with Gasteiger partial charge in [0, 0.05) is 12.7 Å². The number of nitrogens with one attached hydrogen (secondary N) is 1. The van der Waals surface area contributed by atoms with E-state index in [0.717, 1.165) is 19.8 Å². The number of aryl methyl sites for hydroxylation is 1. The first kappa shape index (κ1) is 7.47. The normalized spacial score (nSPS) is 22.8. The second-order valence-corrected chi connectivity index (χ2v) is 3.95. The molecule has 0 atom stereocenters. The zero-order valence-corrected chi connectivity index (χ0v) is 7.63. The molecule has 0 unspecified atom stereocenters. The Labute approximate surface area is 77.1 Å². The number of pyridine rings is 1. The van der Waals surface area contributed by atoms with Gasteiger partial charge in [-0.25, -0.2) is 0 Å². The monoisotopic (exact) mass is 176 g/mol. The molecule has 1 N–H and O–H groups in total. The molecule has 0 radical (unpaired) electrons. The number of hydrogen-bond acceptors (Lipinski definition) is 3. The van der Waals surface area contributed by atoms with Gasteiger partial charge < -0.3 is 4.74 Å². The number of aromatic nitrogens is 1. The zero-order valence-electron chi connectivity index (χ0n) is 7.63. The van der Waals surface area contributed by atoms with Gasteiger partial charge in [0.25, 0.3) is 0 Å². The van der Waals surface area contributed by atoms with Gasteiger partial charge in [0.2, 0.25) is 0 Å². The van der Waals surface area contributed by atoms with Crippen molar-refractivity contribution in [3.05, 3.63) is 29.1 Å². The van der Waals surface area contributed by atoms with E-state index in [4.69, 9.17) is 4.74 Å². The molecule has 0 saturated carbocycles. The standard InChI is InChI=1S/C10H12N2O/c1-7-2-8-4-12-10(5-13-6-10)9(8)11-3-7/h2-3,12H,4-6H2,1H3. The summed E-state index contributed by atoms with van der Waals surface area (Å²) in [5.74, 6) is 0. The van der Waals surface area contributed by atoms with Crippen molar-refractivity contribution < 1.29 is 4.74 Å². The number of fused-ring (bicyclic) bond motifs is 2. The Kier molecular flexibility index (Phi) is 1.32. The van der Waals surface area contributed by atoms with E-state index in [1.165, 1.54) is 16.8 Å². The molecule has 1 aromatic rings. The third-order valence-electron chi connectivity index (χ3n) is 2.87.